The van der Waals surface area contributed by atoms with Crippen LogP contribution in [0.3, 0.4) is 0 Å². The summed E-state index contributed by atoms with van der Waals surface area (Å²) in [5, 5.41) is 3.18. The molecule has 130 valence electrons. The van der Waals surface area contributed by atoms with Gasteiger partial charge in [0.1, 0.15) is 17.2 Å². The molecule has 4 rings (SSSR count). The number of nitrogens with zero attached hydrogens (tertiary/aromatic N) is 2. The topological polar surface area (TPSA) is 73.3 Å². The van der Waals surface area contributed by atoms with Gasteiger partial charge in [-0.3, -0.25) is 0 Å². The van der Waals surface area contributed by atoms with Gasteiger partial charge in [0.25, 0.3) is 6.01 Å². The lowest BCUT2D eigenvalue weighted by Gasteiger charge is -2.09. The van der Waals surface area contributed by atoms with Crippen molar-refractivity contribution in [2.45, 2.75) is 6.92 Å². The van der Waals surface area contributed by atoms with Crippen molar-refractivity contribution in [2.75, 3.05) is 12.4 Å². The number of benzene rings is 2. The maximum absolute atomic E-state index is 5.76. The molecule has 0 aliphatic heterocycles. The normalized spacial score (nSPS) is 10.7. The van der Waals surface area contributed by atoms with E-state index in [4.69, 9.17) is 13.6 Å². The van der Waals surface area contributed by atoms with Crippen molar-refractivity contribution < 1.29 is 13.6 Å². The van der Waals surface area contributed by atoms with Crippen LogP contribution in [0.4, 0.5) is 11.7 Å². The van der Waals surface area contributed by atoms with E-state index in [1.807, 2.05) is 55.5 Å². The van der Waals surface area contributed by atoms with Gasteiger partial charge >= 0.3 is 0 Å². The van der Waals surface area contributed by atoms with Crippen molar-refractivity contribution in [1.82, 2.24) is 9.97 Å². The van der Waals surface area contributed by atoms with Crippen LogP contribution in [0.15, 0.2) is 70.0 Å². The number of anilines is 2. The first-order valence-electron chi connectivity index (χ1n) is 8.11. The summed E-state index contributed by atoms with van der Waals surface area (Å²) in [6.45, 7) is 1.90. The number of hydrogen-bond donors (Lipinski definition) is 1. The van der Waals surface area contributed by atoms with Crippen molar-refractivity contribution in [1.29, 1.82) is 0 Å². The van der Waals surface area contributed by atoms with E-state index in [-0.39, 0.29) is 0 Å². The van der Waals surface area contributed by atoms with E-state index in [1.165, 1.54) is 6.39 Å². The van der Waals surface area contributed by atoms with Crippen LogP contribution in [-0.4, -0.2) is 17.1 Å². The molecule has 0 bridgehead atoms. The Morgan fingerprint density at radius 2 is 1.92 bits per heavy atom. The van der Waals surface area contributed by atoms with Crippen LogP contribution in [0.1, 0.15) is 5.76 Å². The highest BCUT2D eigenvalue weighted by atomic mass is 16.5. The number of aromatic nitrogens is 2. The van der Waals surface area contributed by atoms with Gasteiger partial charge in [0.05, 0.1) is 18.9 Å². The summed E-state index contributed by atoms with van der Waals surface area (Å²) in [5.41, 5.74) is 3.45. The quantitative estimate of drug-likeness (QED) is 0.544. The molecule has 0 saturated carbocycles. The van der Waals surface area contributed by atoms with Crippen molar-refractivity contribution >= 4 is 11.7 Å². The Kier molecular flexibility index (Phi) is 4.15. The molecule has 6 heteroatoms. The maximum Gasteiger partial charge on any atom is 0.299 e. The Labute approximate surface area is 150 Å². The zero-order valence-corrected chi connectivity index (χ0v) is 14.4. The summed E-state index contributed by atoms with van der Waals surface area (Å²) < 4.78 is 16.6. The van der Waals surface area contributed by atoms with E-state index in [0.29, 0.717) is 17.5 Å². The van der Waals surface area contributed by atoms with Gasteiger partial charge < -0.3 is 18.9 Å². The van der Waals surface area contributed by atoms with E-state index >= 15 is 0 Å². The number of rotatable bonds is 5. The van der Waals surface area contributed by atoms with Crippen molar-refractivity contribution in [3.8, 4) is 28.3 Å². The van der Waals surface area contributed by atoms with Gasteiger partial charge in [-0.1, -0.05) is 30.3 Å². The van der Waals surface area contributed by atoms with Gasteiger partial charge in [-0.25, -0.2) is 4.98 Å². The lowest BCUT2D eigenvalue weighted by atomic mass is 10.1. The highest BCUT2D eigenvalue weighted by molar-refractivity contribution is 5.71. The average Bonchev–Trinajstić information content (AvgIpc) is 3.32. The molecular weight excluding hydrogens is 330 g/mol. The second-order valence-electron chi connectivity index (χ2n) is 5.70. The monoisotopic (exact) mass is 347 g/mol. The van der Waals surface area contributed by atoms with Crippen LogP contribution in [-0.2, 0) is 0 Å². The third kappa shape index (κ3) is 3.04. The molecule has 26 heavy (non-hydrogen) atoms. The minimum Gasteiger partial charge on any atom is -0.496 e. The zero-order chi connectivity index (χ0) is 17.9. The molecule has 0 aliphatic carbocycles. The maximum atomic E-state index is 5.76. The number of methoxy groups -OCH3 is 1. The van der Waals surface area contributed by atoms with Gasteiger partial charge in [0.15, 0.2) is 12.2 Å². The fourth-order valence-electron chi connectivity index (χ4n) is 2.76. The Hall–Kier alpha value is -3.54. The molecule has 0 amide bonds. The van der Waals surface area contributed by atoms with E-state index in [9.17, 15) is 0 Å². The molecule has 2 aromatic heterocycles. The van der Waals surface area contributed by atoms with Gasteiger partial charge in [0, 0.05) is 17.3 Å². The molecule has 0 unspecified atom stereocenters. The molecule has 0 radical (unpaired) electrons. The third-order valence-electron chi connectivity index (χ3n) is 3.99. The predicted octanol–water partition coefficient (Wildman–Crippen LogP) is 5.06. The fraction of sp³-hybridized carbons (Fsp3) is 0.100. The molecule has 0 fully saturated rings. The largest absolute Gasteiger partial charge is 0.496 e. The van der Waals surface area contributed by atoms with E-state index < -0.39 is 0 Å². The van der Waals surface area contributed by atoms with Crippen molar-refractivity contribution in [3.63, 3.8) is 0 Å². The minimum absolute atomic E-state index is 0.427. The first-order valence-corrected chi connectivity index (χ1v) is 8.11. The average molecular weight is 347 g/mol. The third-order valence-corrected chi connectivity index (χ3v) is 3.99. The molecule has 2 heterocycles. The lowest BCUT2D eigenvalue weighted by molar-refractivity contribution is 0.415. The fourth-order valence-corrected chi connectivity index (χ4v) is 2.76. The van der Waals surface area contributed by atoms with Gasteiger partial charge in [0.2, 0.25) is 0 Å². The predicted molar refractivity (Wildman–Crippen MR) is 98.4 cm³/mol. The smallest absolute Gasteiger partial charge is 0.299 e. The highest BCUT2D eigenvalue weighted by Crippen LogP contribution is 2.34. The molecule has 1 N–H and O–H groups in total. The van der Waals surface area contributed by atoms with Gasteiger partial charge in [-0.05, 0) is 19.1 Å². The van der Waals surface area contributed by atoms with Crippen molar-refractivity contribution in [2.24, 2.45) is 0 Å². The van der Waals surface area contributed by atoms with E-state index in [1.54, 1.807) is 13.3 Å². The minimum atomic E-state index is 0.427. The summed E-state index contributed by atoms with van der Waals surface area (Å²) in [7, 11) is 1.61. The summed E-state index contributed by atoms with van der Waals surface area (Å²) in [5.74, 6) is 2.06. The van der Waals surface area contributed by atoms with Crippen LogP contribution in [0.5, 0.6) is 5.75 Å². The summed E-state index contributed by atoms with van der Waals surface area (Å²) >= 11 is 0. The molecular formula is C20H17N3O3. The standard InChI is InChI=1S/C20H17N3O3/c1-13-19(14-6-4-3-5-7-14)23-20(26-13)22-15-8-9-16(17(10-15)24-2)18-11-21-12-25-18/h3-12H,1-2H3,(H,22,23). The summed E-state index contributed by atoms with van der Waals surface area (Å²) in [6.07, 6.45) is 3.04. The SMILES string of the molecule is COc1cc(Nc2nc(-c3ccccc3)c(C)o2)ccc1-c1cnco1. The molecule has 0 atom stereocenters. The Bertz CT molecular complexity index is 1010. The highest BCUT2D eigenvalue weighted by Gasteiger charge is 2.14. The second kappa shape index (κ2) is 6.76. The Balaban J connectivity index is 1.62. The molecule has 2 aromatic carbocycles. The number of hydrogen-bond acceptors (Lipinski definition) is 6. The second-order valence-corrected chi connectivity index (χ2v) is 5.70. The zero-order valence-electron chi connectivity index (χ0n) is 14.4. The number of nitrogens with one attached hydrogen (secondary N) is 1. The van der Waals surface area contributed by atoms with E-state index in [0.717, 1.165) is 28.3 Å². The lowest BCUT2D eigenvalue weighted by Crippen LogP contribution is -1.93. The van der Waals surface area contributed by atoms with Crippen LogP contribution in [0.2, 0.25) is 0 Å². The van der Waals surface area contributed by atoms with Gasteiger partial charge in [-0.15, -0.1) is 0 Å². The number of ether oxygens (including phenoxy) is 1. The molecule has 0 aliphatic rings. The van der Waals surface area contributed by atoms with Crippen LogP contribution >= 0.6 is 0 Å². The molecule has 0 saturated heterocycles. The van der Waals surface area contributed by atoms with Crippen LogP contribution in [0, 0.1) is 6.92 Å². The molecule has 4 aromatic rings. The first kappa shape index (κ1) is 16.0. The Morgan fingerprint density at radius 3 is 2.65 bits per heavy atom. The Morgan fingerprint density at radius 1 is 1.08 bits per heavy atom. The molecule has 6 nitrogen and oxygen atoms in total. The van der Waals surface area contributed by atoms with Crippen LogP contribution < -0.4 is 10.1 Å². The van der Waals surface area contributed by atoms with Crippen molar-refractivity contribution in [3.05, 3.63) is 66.9 Å². The van der Waals surface area contributed by atoms with E-state index in [2.05, 4.69) is 15.3 Å². The number of aryl methyl sites for hydroxylation is 1. The van der Waals surface area contributed by atoms with Gasteiger partial charge in [-0.2, -0.15) is 4.98 Å². The number of oxazole rings is 2. The summed E-state index contributed by atoms with van der Waals surface area (Å²) in [4.78, 5) is 8.50. The molecule has 0 spiro atoms. The van der Waals surface area contributed by atoms with Crippen LogP contribution in [0.25, 0.3) is 22.6 Å². The summed E-state index contributed by atoms with van der Waals surface area (Å²) in [6, 6.07) is 16.0. The first-order chi connectivity index (χ1) is 12.7.